The van der Waals surface area contributed by atoms with Crippen LogP contribution in [0.4, 0.5) is 0 Å². The summed E-state index contributed by atoms with van der Waals surface area (Å²) in [4.78, 5) is 26.9. The summed E-state index contributed by atoms with van der Waals surface area (Å²) in [6.45, 7) is 0.106. The van der Waals surface area contributed by atoms with Gasteiger partial charge in [0.1, 0.15) is 22.4 Å². The van der Waals surface area contributed by atoms with E-state index in [1.807, 2.05) is 24.3 Å². The summed E-state index contributed by atoms with van der Waals surface area (Å²) >= 11 is 24.8. The van der Waals surface area contributed by atoms with Crippen LogP contribution in [0.2, 0.25) is 5.02 Å². The van der Waals surface area contributed by atoms with E-state index in [0.29, 0.717) is 25.8 Å². The number of hydrogen-bond acceptors (Lipinski definition) is 5. The molecule has 0 radical (unpaired) electrons. The molecule has 1 aromatic heterocycles. The second-order valence-corrected chi connectivity index (χ2v) is 10.3. The van der Waals surface area contributed by atoms with E-state index < -0.39 is 0 Å². The molecule has 4 rings (SSSR count). The Hall–Kier alpha value is -2.03. The van der Waals surface area contributed by atoms with E-state index in [0.717, 1.165) is 22.9 Å². The molecule has 5 nitrogen and oxygen atoms in total. The van der Waals surface area contributed by atoms with Crippen molar-refractivity contribution in [3.8, 4) is 11.3 Å². The quantitative estimate of drug-likeness (QED) is 0.293. The summed E-state index contributed by atoms with van der Waals surface area (Å²) in [5.41, 5.74) is 1.60. The summed E-state index contributed by atoms with van der Waals surface area (Å²) in [5.74, 6) is 0.393. The fourth-order valence-electron chi connectivity index (χ4n) is 3.19. The first-order valence-electron chi connectivity index (χ1n) is 9.85. The number of nitrogens with one attached hydrogen (secondary N) is 1. The van der Waals surface area contributed by atoms with Crippen molar-refractivity contribution in [1.82, 2.24) is 10.2 Å². The first-order valence-corrected chi connectivity index (χ1v) is 12.3. The van der Waals surface area contributed by atoms with Gasteiger partial charge in [0.2, 0.25) is 5.91 Å². The van der Waals surface area contributed by atoms with Gasteiger partial charge in [0.05, 0.1) is 20.7 Å². The molecule has 170 valence electrons. The maximum absolute atomic E-state index is 12.8. The first-order chi connectivity index (χ1) is 15.8. The average Bonchev–Trinajstić information content (AvgIpc) is 3.35. The molecule has 1 aliphatic heterocycles. The zero-order valence-corrected chi connectivity index (χ0v) is 20.9. The van der Waals surface area contributed by atoms with Crippen LogP contribution in [0.5, 0.6) is 0 Å². The highest BCUT2D eigenvalue weighted by Gasteiger charge is 2.33. The second-order valence-electron chi connectivity index (χ2n) is 7.22. The van der Waals surface area contributed by atoms with Crippen molar-refractivity contribution in [3.05, 3.63) is 75.9 Å². The smallest absolute Gasteiger partial charge is 0.266 e. The molecule has 33 heavy (non-hydrogen) atoms. The lowest BCUT2D eigenvalue weighted by atomic mass is 10.1. The summed E-state index contributed by atoms with van der Waals surface area (Å²) in [7, 11) is 0. The molecule has 2 aromatic rings. The molecule has 2 amide bonds. The Balaban J connectivity index is 1.38. The second kappa shape index (κ2) is 10.5. The fourth-order valence-corrected chi connectivity index (χ4v) is 5.05. The van der Waals surface area contributed by atoms with Crippen LogP contribution in [-0.2, 0) is 9.59 Å². The van der Waals surface area contributed by atoms with Crippen LogP contribution in [0.15, 0.2) is 69.5 Å². The molecule has 1 N–H and O–H groups in total. The van der Waals surface area contributed by atoms with Crippen LogP contribution in [0.25, 0.3) is 17.4 Å². The molecular weight excluding hydrogens is 523 g/mol. The van der Waals surface area contributed by atoms with Gasteiger partial charge in [-0.1, -0.05) is 65.9 Å². The Bertz CT molecular complexity index is 1210. The van der Waals surface area contributed by atoms with Crippen molar-refractivity contribution < 1.29 is 14.0 Å². The van der Waals surface area contributed by atoms with Crippen LogP contribution < -0.4 is 5.32 Å². The number of thiocarbonyl (C=S) groups is 1. The standard InChI is InChI=1S/C23H17Cl3N2O3S2/c24-16-4-2-1-3-15(16)19-8-6-14(31-19)10-20-22(30)28(23(32)33-20)12-21(29)27-11-13-5-7-17(25)18(26)9-13/h1-10,17-18H,11-12H2,(H,27,29)/b20-10-. The molecule has 1 fully saturated rings. The van der Waals surface area contributed by atoms with E-state index in [9.17, 15) is 9.59 Å². The van der Waals surface area contributed by atoms with Gasteiger partial charge in [-0.3, -0.25) is 14.5 Å². The summed E-state index contributed by atoms with van der Waals surface area (Å²) in [5, 5.41) is 2.73. The largest absolute Gasteiger partial charge is 0.457 e. The van der Waals surface area contributed by atoms with Crippen LogP contribution in [0.1, 0.15) is 5.76 Å². The molecule has 2 atom stereocenters. The van der Waals surface area contributed by atoms with Gasteiger partial charge < -0.3 is 9.73 Å². The van der Waals surface area contributed by atoms with Crippen LogP contribution in [0.3, 0.4) is 0 Å². The molecular formula is C23H17Cl3N2O3S2. The number of rotatable bonds is 6. The number of amides is 2. The van der Waals surface area contributed by atoms with Gasteiger partial charge in [-0.15, -0.1) is 23.2 Å². The van der Waals surface area contributed by atoms with Crippen LogP contribution in [0, 0.1) is 0 Å². The normalized spacial score (nSPS) is 21.6. The van der Waals surface area contributed by atoms with E-state index in [4.69, 9.17) is 51.4 Å². The zero-order valence-electron chi connectivity index (χ0n) is 17.0. The van der Waals surface area contributed by atoms with E-state index in [1.165, 1.54) is 4.90 Å². The van der Waals surface area contributed by atoms with E-state index in [2.05, 4.69) is 5.32 Å². The average molecular weight is 540 g/mol. The minimum Gasteiger partial charge on any atom is -0.457 e. The third kappa shape index (κ3) is 5.73. The van der Waals surface area contributed by atoms with E-state index in [1.54, 1.807) is 36.4 Å². The molecule has 2 aliphatic rings. The number of carbonyl (C=O) groups is 2. The number of carbonyl (C=O) groups excluding carboxylic acids is 2. The van der Waals surface area contributed by atoms with Gasteiger partial charge >= 0.3 is 0 Å². The van der Waals surface area contributed by atoms with Gasteiger partial charge in [0.25, 0.3) is 5.91 Å². The summed E-state index contributed by atoms with van der Waals surface area (Å²) in [6.07, 6.45) is 7.00. The minimum atomic E-state index is -0.349. The fraction of sp³-hybridized carbons (Fsp3) is 0.174. The van der Waals surface area contributed by atoms with Crippen molar-refractivity contribution in [3.63, 3.8) is 0 Å². The summed E-state index contributed by atoms with van der Waals surface area (Å²) in [6, 6.07) is 10.9. The van der Waals surface area contributed by atoms with Crippen LogP contribution in [-0.4, -0.2) is 44.9 Å². The molecule has 1 aromatic carbocycles. The zero-order chi connectivity index (χ0) is 23.5. The minimum absolute atomic E-state index is 0.176. The Morgan fingerprint density at radius 1 is 1.21 bits per heavy atom. The van der Waals surface area contributed by atoms with Crippen molar-refractivity contribution in [2.75, 3.05) is 13.1 Å². The number of alkyl halides is 2. The number of allylic oxidation sites excluding steroid dienone is 2. The lowest BCUT2D eigenvalue weighted by molar-refractivity contribution is -0.128. The molecule has 0 bridgehead atoms. The number of benzene rings is 1. The van der Waals surface area contributed by atoms with E-state index in [-0.39, 0.29) is 35.7 Å². The number of halogens is 3. The van der Waals surface area contributed by atoms with Gasteiger partial charge in [-0.2, -0.15) is 0 Å². The Kier molecular flexibility index (Phi) is 7.66. The Morgan fingerprint density at radius 2 is 2.00 bits per heavy atom. The number of nitrogens with zero attached hydrogens (tertiary/aromatic N) is 1. The lowest BCUT2D eigenvalue weighted by Crippen LogP contribution is -2.40. The summed E-state index contributed by atoms with van der Waals surface area (Å²) < 4.78 is 6.14. The number of hydrogen-bond donors (Lipinski definition) is 1. The maximum atomic E-state index is 12.8. The third-order valence-corrected chi connectivity index (χ3v) is 7.53. The van der Waals surface area contributed by atoms with Crippen molar-refractivity contribution in [2.45, 2.75) is 10.8 Å². The lowest BCUT2D eigenvalue weighted by Gasteiger charge is -2.17. The van der Waals surface area contributed by atoms with Gasteiger partial charge in [-0.05, 0) is 29.8 Å². The van der Waals surface area contributed by atoms with Gasteiger partial charge in [-0.25, -0.2) is 0 Å². The molecule has 1 aliphatic carbocycles. The topological polar surface area (TPSA) is 62.6 Å². The number of furan rings is 1. The van der Waals surface area contributed by atoms with Crippen molar-refractivity contribution >= 4 is 81.0 Å². The van der Waals surface area contributed by atoms with Crippen molar-refractivity contribution in [2.24, 2.45) is 0 Å². The molecule has 2 unspecified atom stereocenters. The predicted octanol–water partition coefficient (Wildman–Crippen LogP) is 5.63. The molecule has 10 heteroatoms. The van der Waals surface area contributed by atoms with Gasteiger partial charge in [0.15, 0.2) is 0 Å². The highest BCUT2D eigenvalue weighted by atomic mass is 35.5. The van der Waals surface area contributed by atoms with E-state index >= 15 is 0 Å². The molecule has 0 spiro atoms. The SMILES string of the molecule is O=C(CN1C(=O)/C(=C/c2ccc(-c3ccccc3Cl)o2)SC1=S)NCC1=CC(Cl)C(Cl)C=C1. The van der Waals surface area contributed by atoms with Crippen LogP contribution >= 0.6 is 58.8 Å². The van der Waals surface area contributed by atoms with Crippen molar-refractivity contribution in [1.29, 1.82) is 0 Å². The van der Waals surface area contributed by atoms with Gasteiger partial charge in [0, 0.05) is 18.2 Å². The molecule has 0 saturated carbocycles. The highest BCUT2D eigenvalue weighted by molar-refractivity contribution is 8.26. The Labute approximate surface area is 215 Å². The Morgan fingerprint density at radius 3 is 2.76 bits per heavy atom. The third-order valence-electron chi connectivity index (χ3n) is 4.88. The predicted molar refractivity (Wildman–Crippen MR) is 139 cm³/mol. The number of thioether (sulfide) groups is 1. The first kappa shape index (κ1) is 24.1. The highest BCUT2D eigenvalue weighted by Crippen LogP contribution is 2.34. The molecule has 1 saturated heterocycles. The monoisotopic (exact) mass is 538 g/mol. The molecule has 2 heterocycles. The maximum Gasteiger partial charge on any atom is 0.266 e.